The van der Waals surface area contributed by atoms with Crippen molar-refractivity contribution in [3.05, 3.63) is 18.0 Å². The van der Waals surface area contributed by atoms with Gasteiger partial charge in [0.1, 0.15) is 0 Å². The lowest BCUT2D eigenvalue weighted by molar-refractivity contribution is -0.132. The largest absolute Gasteiger partial charge is 0.343 e. The van der Waals surface area contributed by atoms with Crippen LogP contribution in [-0.2, 0) is 11.3 Å². The van der Waals surface area contributed by atoms with Crippen LogP contribution in [0, 0.1) is 18.8 Å². The molecule has 5 nitrogen and oxygen atoms in total. The van der Waals surface area contributed by atoms with Crippen molar-refractivity contribution in [3.8, 4) is 0 Å². The minimum atomic E-state index is 0.361. The molecule has 22 heavy (non-hydrogen) atoms. The van der Waals surface area contributed by atoms with E-state index in [1.807, 2.05) is 10.9 Å². The highest BCUT2D eigenvalue weighted by atomic mass is 16.2. The van der Waals surface area contributed by atoms with E-state index >= 15 is 0 Å². The van der Waals surface area contributed by atoms with Crippen molar-refractivity contribution >= 4 is 5.91 Å². The van der Waals surface area contributed by atoms with E-state index in [2.05, 4.69) is 28.4 Å². The molecule has 2 aliphatic rings. The average Bonchev–Trinajstić information content (AvgIpc) is 3.17. The second-order valence-corrected chi connectivity index (χ2v) is 6.96. The molecule has 1 N–H and O–H groups in total. The number of hydrogen-bond acceptors (Lipinski definition) is 3. The van der Waals surface area contributed by atoms with Crippen molar-refractivity contribution in [2.45, 2.75) is 45.6 Å². The molecule has 0 aromatic carbocycles. The van der Waals surface area contributed by atoms with Gasteiger partial charge in [-0.1, -0.05) is 0 Å². The summed E-state index contributed by atoms with van der Waals surface area (Å²) in [5.74, 6) is 1.73. The second kappa shape index (κ2) is 7.27. The molecule has 2 fully saturated rings. The molecule has 5 heteroatoms. The van der Waals surface area contributed by atoms with E-state index in [1.54, 1.807) is 0 Å². The van der Waals surface area contributed by atoms with Gasteiger partial charge in [-0.05, 0) is 63.1 Å². The zero-order valence-electron chi connectivity index (χ0n) is 13.6. The molecule has 0 spiro atoms. The number of carbonyl (C=O) groups excluding carboxylic acids is 1. The van der Waals surface area contributed by atoms with Crippen LogP contribution in [0.3, 0.4) is 0 Å². The van der Waals surface area contributed by atoms with Crippen molar-refractivity contribution in [2.24, 2.45) is 11.8 Å². The number of piperidine rings is 1. The number of carbonyl (C=O) groups is 1. The van der Waals surface area contributed by atoms with Gasteiger partial charge in [-0.25, -0.2) is 0 Å². The first-order chi connectivity index (χ1) is 10.7. The highest BCUT2D eigenvalue weighted by Gasteiger charge is 2.24. The normalized spacial score (nSPS) is 23.1. The summed E-state index contributed by atoms with van der Waals surface area (Å²) in [6.07, 6.45) is 9.25. The summed E-state index contributed by atoms with van der Waals surface area (Å²) in [4.78, 5) is 14.4. The van der Waals surface area contributed by atoms with Crippen molar-refractivity contribution < 1.29 is 4.79 Å². The monoisotopic (exact) mass is 304 g/mol. The molecule has 2 aliphatic heterocycles. The van der Waals surface area contributed by atoms with Crippen molar-refractivity contribution in [1.29, 1.82) is 0 Å². The molecule has 0 aliphatic carbocycles. The summed E-state index contributed by atoms with van der Waals surface area (Å²) in [6, 6.07) is 0. The number of hydrogen-bond donors (Lipinski definition) is 1. The smallest absolute Gasteiger partial charge is 0.222 e. The lowest BCUT2D eigenvalue weighted by Crippen LogP contribution is -2.39. The Labute approximate surface area is 133 Å². The first-order valence-electron chi connectivity index (χ1n) is 8.68. The van der Waals surface area contributed by atoms with Gasteiger partial charge in [0.25, 0.3) is 0 Å². The van der Waals surface area contributed by atoms with Crippen LogP contribution in [-0.4, -0.2) is 46.8 Å². The van der Waals surface area contributed by atoms with E-state index in [9.17, 15) is 4.79 Å². The fourth-order valence-electron chi connectivity index (χ4n) is 3.64. The maximum Gasteiger partial charge on any atom is 0.222 e. The molecular weight excluding hydrogens is 276 g/mol. The number of amides is 1. The van der Waals surface area contributed by atoms with Crippen LogP contribution in [0.1, 0.15) is 37.7 Å². The van der Waals surface area contributed by atoms with Crippen molar-refractivity contribution in [3.63, 3.8) is 0 Å². The van der Waals surface area contributed by atoms with Gasteiger partial charge in [0, 0.05) is 32.3 Å². The quantitative estimate of drug-likeness (QED) is 0.903. The Kier molecular flexibility index (Phi) is 5.13. The van der Waals surface area contributed by atoms with Gasteiger partial charge in [-0.3, -0.25) is 9.48 Å². The maximum absolute atomic E-state index is 12.3. The molecule has 1 amide bonds. The third-order valence-electron chi connectivity index (χ3n) is 5.10. The Balaban J connectivity index is 1.38. The van der Waals surface area contributed by atoms with Crippen LogP contribution in [0.5, 0.6) is 0 Å². The summed E-state index contributed by atoms with van der Waals surface area (Å²) in [5, 5.41) is 7.74. The minimum Gasteiger partial charge on any atom is -0.343 e. The first-order valence-corrected chi connectivity index (χ1v) is 8.68. The van der Waals surface area contributed by atoms with Gasteiger partial charge in [0.2, 0.25) is 5.91 Å². The summed E-state index contributed by atoms with van der Waals surface area (Å²) < 4.78 is 2.05. The predicted octanol–water partition coefficient (Wildman–Crippen LogP) is 1.82. The van der Waals surface area contributed by atoms with E-state index in [1.165, 1.54) is 12.0 Å². The zero-order valence-corrected chi connectivity index (χ0v) is 13.6. The highest BCUT2D eigenvalue weighted by Crippen LogP contribution is 2.21. The van der Waals surface area contributed by atoms with E-state index in [-0.39, 0.29) is 0 Å². The minimum absolute atomic E-state index is 0.361. The zero-order chi connectivity index (χ0) is 15.4. The van der Waals surface area contributed by atoms with E-state index in [4.69, 9.17) is 0 Å². The summed E-state index contributed by atoms with van der Waals surface area (Å²) >= 11 is 0. The van der Waals surface area contributed by atoms with Crippen LogP contribution >= 0.6 is 0 Å². The number of aromatic nitrogens is 2. The molecule has 0 radical (unpaired) electrons. The summed E-state index contributed by atoms with van der Waals surface area (Å²) in [7, 11) is 0. The van der Waals surface area contributed by atoms with Crippen LogP contribution in [0.15, 0.2) is 12.4 Å². The molecule has 0 saturated carbocycles. The fraction of sp³-hybridized carbons (Fsp3) is 0.765. The molecule has 1 unspecified atom stereocenters. The van der Waals surface area contributed by atoms with Gasteiger partial charge in [-0.2, -0.15) is 5.10 Å². The van der Waals surface area contributed by atoms with E-state index < -0.39 is 0 Å². The Hall–Kier alpha value is -1.36. The molecule has 1 aromatic heterocycles. The van der Waals surface area contributed by atoms with Gasteiger partial charge in [0.15, 0.2) is 0 Å². The molecule has 1 aromatic rings. The lowest BCUT2D eigenvalue weighted by Gasteiger charge is -2.32. The van der Waals surface area contributed by atoms with Gasteiger partial charge in [-0.15, -0.1) is 0 Å². The molecule has 122 valence electrons. The predicted molar refractivity (Wildman–Crippen MR) is 86.5 cm³/mol. The number of nitrogens with one attached hydrogen (secondary N) is 1. The number of rotatable bonds is 5. The highest BCUT2D eigenvalue weighted by molar-refractivity contribution is 5.76. The SMILES string of the molecule is Cc1cnn(CC2CCN(C(=O)CCC3CCNC3)CC2)c1. The van der Waals surface area contributed by atoms with Crippen molar-refractivity contribution in [1.82, 2.24) is 20.0 Å². The number of likely N-dealkylation sites (tertiary alicyclic amines) is 1. The third-order valence-corrected chi connectivity index (χ3v) is 5.10. The molecule has 2 saturated heterocycles. The van der Waals surface area contributed by atoms with Crippen LogP contribution in [0.2, 0.25) is 0 Å². The second-order valence-electron chi connectivity index (χ2n) is 6.96. The van der Waals surface area contributed by atoms with Crippen LogP contribution < -0.4 is 5.32 Å². The molecule has 3 heterocycles. The summed E-state index contributed by atoms with van der Waals surface area (Å²) in [6.45, 7) is 7.13. The van der Waals surface area contributed by atoms with Gasteiger partial charge in [0.05, 0.1) is 6.20 Å². The van der Waals surface area contributed by atoms with Crippen LogP contribution in [0.4, 0.5) is 0 Å². The standard InChI is InChI=1S/C17H28N4O/c1-14-10-19-21(12-14)13-16-5-8-20(9-6-16)17(22)3-2-15-4-7-18-11-15/h10,12,15-16,18H,2-9,11,13H2,1H3. The van der Waals surface area contributed by atoms with Crippen molar-refractivity contribution in [2.75, 3.05) is 26.2 Å². The maximum atomic E-state index is 12.3. The van der Waals surface area contributed by atoms with E-state index in [0.717, 1.165) is 58.4 Å². The average molecular weight is 304 g/mol. The number of aryl methyl sites for hydroxylation is 1. The van der Waals surface area contributed by atoms with Gasteiger partial charge < -0.3 is 10.2 Å². The Morgan fingerprint density at radius 3 is 2.77 bits per heavy atom. The Morgan fingerprint density at radius 2 is 2.14 bits per heavy atom. The number of nitrogens with zero attached hydrogens (tertiary/aromatic N) is 3. The topological polar surface area (TPSA) is 50.2 Å². The Morgan fingerprint density at radius 1 is 1.32 bits per heavy atom. The van der Waals surface area contributed by atoms with Gasteiger partial charge >= 0.3 is 0 Å². The lowest BCUT2D eigenvalue weighted by atomic mass is 9.96. The molecule has 0 bridgehead atoms. The summed E-state index contributed by atoms with van der Waals surface area (Å²) in [5.41, 5.74) is 1.22. The molecule has 1 atom stereocenters. The Bertz CT molecular complexity index is 485. The first kappa shape index (κ1) is 15.5. The van der Waals surface area contributed by atoms with Crippen LogP contribution in [0.25, 0.3) is 0 Å². The third kappa shape index (κ3) is 4.09. The molecule has 3 rings (SSSR count). The van der Waals surface area contributed by atoms with E-state index in [0.29, 0.717) is 17.7 Å². The molecular formula is C17H28N4O. The fourth-order valence-corrected chi connectivity index (χ4v) is 3.64.